The first kappa shape index (κ1) is 9.22. The van der Waals surface area contributed by atoms with Crippen LogP contribution in [-0.4, -0.2) is 29.6 Å². The lowest BCUT2D eigenvalue weighted by molar-refractivity contribution is 0.169. The highest BCUT2D eigenvalue weighted by Crippen LogP contribution is 2.38. The van der Waals surface area contributed by atoms with Crippen LogP contribution in [0.4, 0.5) is 0 Å². The van der Waals surface area contributed by atoms with Crippen molar-refractivity contribution < 1.29 is 5.11 Å². The second-order valence-electron chi connectivity index (χ2n) is 4.73. The lowest BCUT2D eigenvalue weighted by Gasteiger charge is -2.33. The fourth-order valence-electron chi connectivity index (χ4n) is 2.79. The Morgan fingerprint density at radius 2 is 2.20 bits per heavy atom. The van der Waals surface area contributed by atoms with Gasteiger partial charge in [0, 0.05) is 6.54 Å². The van der Waals surface area contributed by atoms with Crippen LogP contribution in [0.5, 0.6) is 5.75 Å². The number of aromatic hydroxyl groups is 1. The third-order valence-electron chi connectivity index (χ3n) is 3.80. The molecule has 1 N–H and O–H groups in total. The van der Waals surface area contributed by atoms with Gasteiger partial charge in [0.1, 0.15) is 5.75 Å². The quantitative estimate of drug-likeness (QED) is 0.796. The van der Waals surface area contributed by atoms with E-state index in [-0.39, 0.29) is 0 Å². The minimum absolute atomic E-state index is 0.499. The molecule has 0 spiro atoms. The van der Waals surface area contributed by atoms with E-state index in [4.69, 9.17) is 0 Å². The summed E-state index contributed by atoms with van der Waals surface area (Å²) >= 11 is 0. The molecule has 1 unspecified atom stereocenters. The molecule has 1 aromatic carbocycles. The van der Waals surface area contributed by atoms with E-state index in [1.165, 1.54) is 43.6 Å². The molecule has 1 aliphatic heterocycles. The summed E-state index contributed by atoms with van der Waals surface area (Å²) in [5, 5.41) is 9.74. The van der Waals surface area contributed by atoms with Gasteiger partial charge in [-0.1, -0.05) is 12.1 Å². The second kappa shape index (κ2) is 3.53. The van der Waals surface area contributed by atoms with Crippen molar-refractivity contribution in [3.8, 4) is 5.75 Å². The maximum Gasteiger partial charge on any atom is 0.119 e. The van der Waals surface area contributed by atoms with Crippen molar-refractivity contribution in [2.24, 2.45) is 0 Å². The highest BCUT2D eigenvalue weighted by atomic mass is 16.3. The highest BCUT2D eigenvalue weighted by molar-refractivity contribution is 5.44. The molecule has 1 aromatic rings. The second-order valence-corrected chi connectivity index (χ2v) is 4.73. The van der Waals surface area contributed by atoms with Gasteiger partial charge in [-0.15, -0.1) is 0 Å². The number of phenolic OH excluding ortho intramolecular Hbond substituents is 1. The summed E-state index contributed by atoms with van der Waals surface area (Å²) in [5.74, 6) is 1.16. The predicted molar refractivity (Wildman–Crippen MR) is 60.2 cm³/mol. The zero-order valence-electron chi connectivity index (χ0n) is 8.95. The van der Waals surface area contributed by atoms with Gasteiger partial charge in [-0.25, -0.2) is 0 Å². The molecule has 80 valence electrons. The molecular formula is C13H17NO. The third kappa shape index (κ3) is 1.53. The van der Waals surface area contributed by atoms with Gasteiger partial charge in [0.25, 0.3) is 0 Å². The van der Waals surface area contributed by atoms with Crippen LogP contribution in [0.2, 0.25) is 0 Å². The average Bonchev–Trinajstić information content (AvgIpc) is 2.56. The summed E-state index contributed by atoms with van der Waals surface area (Å²) in [6.45, 7) is 3.73. The van der Waals surface area contributed by atoms with Gasteiger partial charge >= 0.3 is 0 Å². The Balaban J connectivity index is 1.81. The van der Waals surface area contributed by atoms with Gasteiger partial charge in [-0.05, 0) is 55.5 Å². The van der Waals surface area contributed by atoms with Gasteiger partial charge < -0.3 is 10.0 Å². The zero-order chi connectivity index (χ0) is 10.3. The maximum atomic E-state index is 9.74. The minimum atomic E-state index is 0.499. The van der Waals surface area contributed by atoms with E-state index >= 15 is 0 Å². The molecule has 1 saturated heterocycles. The van der Waals surface area contributed by atoms with Gasteiger partial charge in [-0.2, -0.15) is 0 Å². The molecule has 0 amide bonds. The number of nitrogens with zero attached hydrogens (tertiary/aromatic N) is 1. The normalized spacial score (nSPS) is 24.9. The van der Waals surface area contributed by atoms with Crippen LogP contribution in [0.1, 0.15) is 29.9 Å². The molecule has 0 saturated carbocycles. The Morgan fingerprint density at radius 3 is 2.93 bits per heavy atom. The average molecular weight is 203 g/mol. The number of hydrogen-bond donors (Lipinski definition) is 1. The van der Waals surface area contributed by atoms with Crippen molar-refractivity contribution in [1.82, 2.24) is 4.90 Å². The smallest absolute Gasteiger partial charge is 0.119 e. The molecule has 1 atom stereocenters. The first-order valence-corrected chi connectivity index (χ1v) is 5.88. The first-order chi connectivity index (χ1) is 7.34. The van der Waals surface area contributed by atoms with Crippen molar-refractivity contribution in [3.63, 3.8) is 0 Å². The molecule has 0 aromatic heterocycles. The molecule has 1 heterocycles. The Labute approximate surface area is 90.5 Å². The van der Waals surface area contributed by atoms with Crippen molar-refractivity contribution in [1.29, 1.82) is 0 Å². The summed E-state index contributed by atoms with van der Waals surface area (Å²) in [6, 6.07) is 5.97. The van der Waals surface area contributed by atoms with E-state index in [0.717, 1.165) is 6.42 Å². The molecule has 0 radical (unpaired) electrons. The summed E-state index contributed by atoms with van der Waals surface area (Å²) < 4.78 is 0. The molecule has 0 bridgehead atoms. The number of benzene rings is 1. The molecule has 2 aliphatic rings. The Bertz CT molecular complexity index is 371. The van der Waals surface area contributed by atoms with Crippen LogP contribution in [0.3, 0.4) is 0 Å². The minimum Gasteiger partial charge on any atom is -0.508 e. The molecule has 3 rings (SSSR count). The summed E-state index contributed by atoms with van der Waals surface area (Å²) in [6.07, 6.45) is 3.63. The maximum absolute atomic E-state index is 9.74. The molecule has 15 heavy (non-hydrogen) atoms. The van der Waals surface area contributed by atoms with Gasteiger partial charge in [0.2, 0.25) is 0 Å². The van der Waals surface area contributed by atoms with E-state index in [0.29, 0.717) is 11.7 Å². The summed E-state index contributed by atoms with van der Waals surface area (Å²) in [7, 11) is 0. The van der Waals surface area contributed by atoms with E-state index < -0.39 is 0 Å². The number of fused-ring (bicyclic) bond motifs is 1. The predicted octanol–water partition coefficient (Wildman–Crippen LogP) is 2.13. The Kier molecular flexibility index (Phi) is 2.17. The number of likely N-dealkylation sites (tertiary alicyclic amines) is 1. The van der Waals surface area contributed by atoms with E-state index in [1.807, 2.05) is 12.1 Å². The molecular weight excluding hydrogens is 186 g/mol. The van der Waals surface area contributed by atoms with E-state index in [2.05, 4.69) is 11.0 Å². The van der Waals surface area contributed by atoms with E-state index in [1.54, 1.807) is 0 Å². The van der Waals surface area contributed by atoms with Crippen LogP contribution in [0.25, 0.3) is 0 Å². The summed E-state index contributed by atoms with van der Waals surface area (Å²) in [4.78, 5) is 2.52. The van der Waals surface area contributed by atoms with Crippen LogP contribution in [-0.2, 0) is 6.42 Å². The number of rotatable bonds is 2. The fraction of sp³-hybridized carbons (Fsp3) is 0.538. The SMILES string of the molecule is Oc1cccc2c1CCC2CN1CCC1. The summed E-state index contributed by atoms with van der Waals surface area (Å²) in [5.41, 5.74) is 2.59. The van der Waals surface area contributed by atoms with Gasteiger partial charge in [0.15, 0.2) is 0 Å². The van der Waals surface area contributed by atoms with Crippen LogP contribution in [0.15, 0.2) is 18.2 Å². The fourth-order valence-corrected chi connectivity index (χ4v) is 2.79. The van der Waals surface area contributed by atoms with Gasteiger partial charge in [-0.3, -0.25) is 0 Å². The highest BCUT2D eigenvalue weighted by Gasteiger charge is 2.27. The number of phenols is 1. The standard InChI is InChI=1S/C13H17NO/c15-13-4-1-3-11-10(5-6-12(11)13)9-14-7-2-8-14/h1,3-4,10,15H,2,5-9H2. The molecule has 2 nitrogen and oxygen atoms in total. The topological polar surface area (TPSA) is 23.5 Å². The zero-order valence-corrected chi connectivity index (χ0v) is 8.95. The van der Waals surface area contributed by atoms with Crippen LogP contribution >= 0.6 is 0 Å². The molecule has 1 aliphatic carbocycles. The van der Waals surface area contributed by atoms with Crippen molar-refractivity contribution >= 4 is 0 Å². The van der Waals surface area contributed by atoms with Crippen molar-refractivity contribution in [2.75, 3.05) is 19.6 Å². The van der Waals surface area contributed by atoms with E-state index in [9.17, 15) is 5.11 Å². The molecule has 1 fully saturated rings. The Morgan fingerprint density at radius 1 is 1.33 bits per heavy atom. The van der Waals surface area contributed by atoms with Crippen molar-refractivity contribution in [3.05, 3.63) is 29.3 Å². The monoisotopic (exact) mass is 203 g/mol. The lowest BCUT2D eigenvalue weighted by Crippen LogP contribution is -2.39. The first-order valence-electron chi connectivity index (χ1n) is 5.88. The van der Waals surface area contributed by atoms with Crippen LogP contribution < -0.4 is 0 Å². The third-order valence-corrected chi connectivity index (χ3v) is 3.80. The van der Waals surface area contributed by atoms with Gasteiger partial charge in [0.05, 0.1) is 0 Å². The molecule has 2 heteroatoms. The Hall–Kier alpha value is -1.02. The lowest BCUT2D eigenvalue weighted by atomic mass is 9.99. The number of hydrogen-bond acceptors (Lipinski definition) is 2. The largest absolute Gasteiger partial charge is 0.508 e. The van der Waals surface area contributed by atoms with Crippen molar-refractivity contribution in [2.45, 2.75) is 25.2 Å². The van der Waals surface area contributed by atoms with Crippen LogP contribution in [0, 0.1) is 0 Å².